The summed E-state index contributed by atoms with van der Waals surface area (Å²) in [6, 6.07) is 14.3. The van der Waals surface area contributed by atoms with Gasteiger partial charge in [-0.1, -0.05) is 41.6 Å². The van der Waals surface area contributed by atoms with Gasteiger partial charge in [-0.3, -0.25) is 0 Å². The summed E-state index contributed by atoms with van der Waals surface area (Å²) in [6.07, 6.45) is 1.83. The quantitative estimate of drug-likeness (QED) is 0.715. The molecule has 2 heterocycles. The molecule has 0 spiro atoms. The summed E-state index contributed by atoms with van der Waals surface area (Å²) in [5, 5.41) is 4.09. The van der Waals surface area contributed by atoms with Crippen molar-refractivity contribution >= 4 is 0 Å². The van der Waals surface area contributed by atoms with Crippen LogP contribution in [-0.4, -0.2) is 23.4 Å². The van der Waals surface area contributed by atoms with Crippen molar-refractivity contribution in [3.63, 3.8) is 0 Å². The maximum atomic E-state index is 13.3. The normalized spacial score (nSPS) is 15.5. The van der Waals surface area contributed by atoms with E-state index < -0.39 is 0 Å². The molecule has 3 aromatic rings. The van der Waals surface area contributed by atoms with Crippen LogP contribution in [0, 0.1) is 5.82 Å². The van der Waals surface area contributed by atoms with Crippen LogP contribution in [0.5, 0.6) is 0 Å². The van der Waals surface area contributed by atoms with Crippen LogP contribution in [-0.2, 0) is 4.74 Å². The van der Waals surface area contributed by atoms with Gasteiger partial charge >= 0.3 is 0 Å². The number of nitrogens with zero attached hydrogens (tertiary/aromatic N) is 2. The van der Waals surface area contributed by atoms with Gasteiger partial charge in [-0.05, 0) is 36.1 Å². The van der Waals surface area contributed by atoms with Gasteiger partial charge < -0.3 is 9.26 Å². The lowest BCUT2D eigenvalue weighted by molar-refractivity contribution is 0.0778. The molecule has 0 aliphatic carbocycles. The molecule has 24 heavy (non-hydrogen) atoms. The lowest BCUT2D eigenvalue weighted by atomic mass is 10.0. The third-order valence-electron chi connectivity index (χ3n) is 4.31. The summed E-state index contributed by atoms with van der Waals surface area (Å²) in [7, 11) is 0. The molecule has 0 amide bonds. The van der Waals surface area contributed by atoms with Crippen molar-refractivity contribution in [2.45, 2.75) is 18.8 Å². The van der Waals surface area contributed by atoms with E-state index in [0.717, 1.165) is 42.7 Å². The molecule has 1 aliphatic rings. The van der Waals surface area contributed by atoms with Crippen molar-refractivity contribution in [3.8, 4) is 22.5 Å². The minimum Gasteiger partial charge on any atom is -0.381 e. The monoisotopic (exact) mass is 324 g/mol. The van der Waals surface area contributed by atoms with Crippen LogP contribution < -0.4 is 0 Å². The largest absolute Gasteiger partial charge is 0.381 e. The van der Waals surface area contributed by atoms with Crippen molar-refractivity contribution in [2.75, 3.05) is 13.2 Å². The van der Waals surface area contributed by atoms with Gasteiger partial charge in [-0.15, -0.1) is 0 Å². The highest BCUT2D eigenvalue weighted by Crippen LogP contribution is 2.28. The van der Waals surface area contributed by atoms with Gasteiger partial charge in [0.15, 0.2) is 0 Å². The van der Waals surface area contributed by atoms with E-state index >= 15 is 0 Å². The van der Waals surface area contributed by atoms with Crippen LogP contribution in [0.4, 0.5) is 4.39 Å². The summed E-state index contributed by atoms with van der Waals surface area (Å²) >= 11 is 0. The summed E-state index contributed by atoms with van der Waals surface area (Å²) in [4.78, 5) is 4.53. The van der Waals surface area contributed by atoms with E-state index in [4.69, 9.17) is 9.26 Å². The molecule has 0 radical (unpaired) electrons. The maximum Gasteiger partial charge on any atom is 0.230 e. The molecular weight excluding hydrogens is 307 g/mol. The number of ether oxygens (including phenoxy) is 1. The van der Waals surface area contributed by atoms with E-state index in [2.05, 4.69) is 10.1 Å². The van der Waals surface area contributed by atoms with E-state index in [0.29, 0.717) is 11.7 Å². The Morgan fingerprint density at radius 3 is 2.42 bits per heavy atom. The molecule has 4 nitrogen and oxygen atoms in total. The summed E-state index contributed by atoms with van der Waals surface area (Å²) in [5.41, 5.74) is 2.68. The maximum absolute atomic E-state index is 13.3. The van der Waals surface area contributed by atoms with Crippen LogP contribution in [0.1, 0.15) is 24.7 Å². The first-order valence-electron chi connectivity index (χ1n) is 8.07. The molecule has 0 saturated carbocycles. The van der Waals surface area contributed by atoms with Crippen LogP contribution in [0.25, 0.3) is 22.5 Å². The van der Waals surface area contributed by atoms with Crippen LogP contribution in [0.3, 0.4) is 0 Å². The minimum absolute atomic E-state index is 0.240. The number of benzene rings is 2. The molecular formula is C19H17FN2O2. The standard InChI is InChI=1S/C19H17FN2O2/c20-17-3-1-2-16(12-17)13-4-6-14(7-5-13)18-21-19(24-22-18)15-8-10-23-11-9-15/h1-7,12,15H,8-11H2. The molecule has 122 valence electrons. The zero-order chi connectivity index (χ0) is 16.4. The van der Waals surface area contributed by atoms with Crippen LogP contribution in [0.15, 0.2) is 53.1 Å². The number of hydrogen-bond acceptors (Lipinski definition) is 4. The summed E-state index contributed by atoms with van der Waals surface area (Å²) in [5.74, 6) is 1.31. The first-order chi connectivity index (χ1) is 11.8. The van der Waals surface area contributed by atoms with Crippen molar-refractivity contribution in [3.05, 3.63) is 60.2 Å². The molecule has 0 bridgehead atoms. The molecule has 1 aliphatic heterocycles. The zero-order valence-electron chi connectivity index (χ0n) is 13.1. The molecule has 1 fully saturated rings. The average Bonchev–Trinajstić information content (AvgIpc) is 3.13. The third kappa shape index (κ3) is 3.08. The third-order valence-corrected chi connectivity index (χ3v) is 4.31. The fraction of sp³-hybridized carbons (Fsp3) is 0.263. The smallest absolute Gasteiger partial charge is 0.230 e. The molecule has 2 aromatic carbocycles. The van der Waals surface area contributed by atoms with Gasteiger partial charge in [0.25, 0.3) is 0 Å². The Morgan fingerprint density at radius 2 is 1.67 bits per heavy atom. The predicted octanol–water partition coefficient (Wildman–Crippen LogP) is 4.44. The lowest BCUT2D eigenvalue weighted by Gasteiger charge is -2.17. The second-order valence-electron chi connectivity index (χ2n) is 5.93. The minimum atomic E-state index is -0.240. The van der Waals surface area contributed by atoms with E-state index in [1.807, 2.05) is 30.3 Å². The van der Waals surface area contributed by atoms with Gasteiger partial charge in [0.05, 0.1) is 0 Å². The van der Waals surface area contributed by atoms with Gasteiger partial charge in [-0.25, -0.2) is 4.39 Å². The van der Waals surface area contributed by atoms with Gasteiger partial charge in [0.2, 0.25) is 11.7 Å². The molecule has 1 saturated heterocycles. The lowest BCUT2D eigenvalue weighted by Crippen LogP contribution is -2.14. The fourth-order valence-electron chi connectivity index (χ4n) is 2.94. The zero-order valence-corrected chi connectivity index (χ0v) is 13.1. The number of hydrogen-bond donors (Lipinski definition) is 0. The summed E-state index contributed by atoms with van der Waals surface area (Å²) in [6.45, 7) is 1.48. The van der Waals surface area contributed by atoms with E-state index in [1.54, 1.807) is 6.07 Å². The first kappa shape index (κ1) is 15.0. The van der Waals surface area contributed by atoms with Crippen molar-refractivity contribution in [2.24, 2.45) is 0 Å². The Labute approximate surface area is 139 Å². The second kappa shape index (κ2) is 6.53. The number of aromatic nitrogens is 2. The van der Waals surface area contributed by atoms with Crippen molar-refractivity contribution in [1.82, 2.24) is 10.1 Å². The Bertz CT molecular complexity index is 823. The van der Waals surface area contributed by atoms with Crippen molar-refractivity contribution < 1.29 is 13.7 Å². The van der Waals surface area contributed by atoms with Crippen LogP contribution >= 0.6 is 0 Å². The first-order valence-corrected chi connectivity index (χ1v) is 8.07. The van der Waals surface area contributed by atoms with Crippen molar-refractivity contribution in [1.29, 1.82) is 0 Å². The Morgan fingerprint density at radius 1 is 0.917 bits per heavy atom. The van der Waals surface area contributed by atoms with E-state index in [9.17, 15) is 4.39 Å². The second-order valence-corrected chi connectivity index (χ2v) is 5.93. The highest BCUT2D eigenvalue weighted by molar-refractivity contribution is 5.67. The molecule has 0 atom stereocenters. The number of rotatable bonds is 3. The SMILES string of the molecule is Fc1cccc(-c2ccc(-c3noc(C4CCOCC4)n3)cc2)c1. The Balaban J connectivity index is 1.56. The predicted molar refractivity (Wildman–Crippen MR) is 87.9 cm³/mol. The average molecular weight is 324 g/mol. The molecule has 4 rings (SSSR count). The highest BCUT2D eigenvalue weighted by atomic mass is 19.1. The fourth-order valence-corrected chi connectivity index (χ4v) is 2.94. The van der Waals surface area contributed by atoms with Gasteiger partial charge in [0, 0.05) is 24.7 Å². The Hall–Kier alpha value is -2.53. The molecule has 1 aromatic heterocycles. The van der Waals surface area contributed by atoms with Crippen LogP contribution in [0.2, 0.25) is 0 Å². The van der Waals surface area contributed by atoms with E-state index in [1.165, 1.54) is 12.1 Å². The topological polar surface area (TPSA) is 48.2 Å². The Kier molecular flexibility index (Phi) is 4.09. The van der Waals surface area contributed by atoms with Gasteiger partial charge in [0.1, 0.15) is 5.82 Å². The molecule has 0 unspecified atom stereocenters. The van der Waals surface area contributed by atoms with Gasteiger partial charge in [-0.2, -0.15) is 4.98 Å². The molecule has 0 N–H and O–H groups in total. The van der Waals surface area contributed by atoms with E-state index in [-0.39, 0.29) is 11.7 Å². The summed E-state index contributed by atoms with van der Waals surface area (Å²) < 4.78 is 24.1. The molecule has 5 heteroatoms. The highest BCUT2D eigenvalue weighted by Gasteiger charge is 2.22. The number of halogens is 1.